The standard InChI is InChI=1S/C42H45Cl2N7O6/c1-25(52)46-18-17-45-21-27-12-14-34(49-39(27)56-5)33-11-7-10-32(38(33)44)31-9-6-8-30(37(31)43)26-16-19-51-35(20-26)47-22-28(40(51)54)23-50(41(55)57-42(2,3)4)24-29-13-15-36(53)48-29/h6-12,14,16,19-20,22,29,45H,13,15,17-18,21,23-24H2,1-5H3,(H,46,52)(H,48,53)/t29-/m0/s1. The van der Waals surface area contributed by atoms with E-state index in [1.165, 1.54) is 22.4 Å². The lowest BCUT2D eigenvalue weighted by molar-refractivity contribution is -0.120. The molecule has 15 heteroatoms. The third kappa shape index (κ3) is 9.91. The van der Waals surface area contributed by atoms with Crippen LogP contribution in [0.25, 0.3) is 39.2 Å². The number of aromatic nitrogens is 3. The molecule has 2 aromatic carbocycles. The Balaban J connectivity index is 1.25. The number of methoxy groups -OCH3 is 1. The fourth-order valence-corrected chi connectivity index (χ4v) is 7.25. The van der Waals surface area contributed by atoms with Crippen LogP contribution >= 0.6 is 23.2 Å². The van der Waals surface area contributed by atoms with Crippen molar-refractivity contribution < 1.29 is 23.9 Å². The van der Waals surface area contributed by atoms with E-state index >= 15 is 0 Å². The molecule has 4 heterocycles. The molecule has 0 unspecified atom stereocenters. The molecule has 0 bridgehead atoms. The highest BCUT2D eigenvalue weighted by atomic mass is 35.5. The number of pyridine rings is 2. The van der Waals surface area contributed by atoms with Crippen LogP contribution in [0.2, 0.25) is 10.0 Å². The highest BCUT2D eigenvalue weighted by molar-refractivity contribution is 6.39. The van der Waals surface area contributed by atoms with Crippen molar-refractivity contribution in [2.45, 2.75) is 65.3 Å². The molecule has 1 aliphatic rings. The van der Waals surface area contributed by atoms with Crippen molar-refractivity contribution in [1.29, 1.82) is 0 Å². The maximum Gasteiger partial charge on any atom is 0.410 e. The molecule has 0 aliphatic carbocycles. The zero-order valence-electron chi connectivity index (χ0n) is 32.4. The lowest BCUT2D eigenvalue weighted by atomic mass is 9.97. The molecule has 1 fully saturated rings. The Bertz CT molecular complexity index is 2380. The third-order valence-corrected chi connectivity index (χ3v) is 10.1. The quantitative estimate of drug-likeness (QED) is 0.111. The predicted octanol–water partition coefficient (Wildman–Crippen LogP) is 6.65. The maximum atomic E-state index is 13.8. The SMILES string of the molecule is COc1nc(-c2cccc(-c3cccc(-c4ccn5c(=O)c(CN(C[C@@H]6CCC(=O)N6)C(=O)OC(C)(C)C)cnc5c4)c3Cl)c2Cl)ccc1CNCCNC(C)=O. The van der Waals surface area contributed by atoms with Gasteiger partial charge in [-0.3, -0.25) is 18.8 Å². The predicted molar refractivity (Wildman–Crippen MR) is 220 cm³/mol. The van der Waals surface area contributed by atoms with Crippen molar-refractivity contribution in [3.63, 3.8) is 0 Å². The number of rotatable bonds is 13. The molecular weight excluding hydrogens is 769 g/mol. The van der Waals surface area contributed by atoms with Crippen molar-refractivity contribution >= 4 is 46.8 Å². The Morgan fingerprint density at radius 2 is 1.67 bits per heavy atom. The Morgan fingerprint density at radius 3 is 2.33 bits per heavy atom. The number of carbonyl (C=O) groups excluding carboxylic acids is 3. The molecule has 13 nitrogen and oxygen atoms in total. The van der Waals surface area contributed by atoms with Crippen LogP contribution in [0.1, 0.15) is 51.7 Å². The number of amides is 3. The zero-order valence-corrected chi connectivity index (χ0v) is 34.0. The lowest BCUT2D eigenvalue weighted by Gasteiger charge is -2.29. The minimum Gasteiger partial charge on any atom is -0.481 e. The van der Waals surface area contributed by atoms with Gasteiger partial charge in [-0.15, -0.1) is 0 Å². The van der Waals surface area contributed by atoms with Crippen LogP contribution in [0.15, 0.2) is 77.9 Å². The summed E-state index contributed by atoms with van der Waals surface area (Å²) >= 11 is 14.2. The minimum atomic E-state index is -0.749. The molecule has 1 atom stereocenters. The first kappa shape index (κ1) is 41.1. The summed E-state index contributed by atoms with van der Waals surface area (Å²) in [5, 5.41) is 9.83. The second-order valence-corrected chi connectivity index (χ2v) is 15.5. The topological polar surface area (TPSA) is 156 Å². The number of nitrogens with one attached hydrogen (secondary N) is 3. The molecular formula is C42H45Cl2N7O6. The number of hydrogen-bond acceptors (Lipinski definition) is 9. The van der Waals surface area contributed by atoms with Crippen LogP contribution in [0.4, 0.5) is 4.79 Å². The van der Waals surface area contributed by atoms with Gasteiger partial charge in [-0.2, -0.15) is 0 Å². The maximum absolute atomic E-state index is 13.8. The van der Waals surface area contributed by atoms with E-state index in [0.717, 1.165) is 11.1 Å². The molecule has 57 heavy (non-hydrogen) atoms. The molecule has 0 radical (unpaired) electrons. The van der Waals surface area contributed by atoms with Crippen LogP contribution in [0, 0.1) is 0 Å². The number of halogens is 2. The summed E-state index contributed by atoms with van der Waals surface area (Å²) in [6.45, 7) is 8.55. The van der Waals surface area contributed by atoms with Gasteiger partial charge >= 0.3 is 6.09 Å². The summed E-state index contributed by atoms with van der Waals surface area (Å²) < 4.78 is 12.7. The molecule has 0 saturated carbocycles. The second-order valence-electron chi connectivity index (χ2n) is 14.8. The monoisotopic (exact) mass is 813 g/mol. The molecule has 3 aromatic heterocycles. The summed E-state index contributed by atoms with van der Waals surface area (Å²) in [5.41, 5.74) is 4.62. The Hall–Kier alpha value is -5.50. The third-order valence-electron chi connectivity index (χ3n) is 9.32. The highest BCUT2D eigenvalue weighted by Crippen LogP contribution is 2.42. The van der Waals surface area contributed by atoms with Crippen LogP contribution in [0.5, 0.6) is 5.88 Å². The first-order valence-corrected chi connectivity index (χ1v) is 19.3. The highest BCUT2D eigenvalue weighted by Gasteiger charge is 2.29. The van der Waals surface area contributed by atoms with E-state index in [1.54, 1.807) is 46.2 Å². The van der Waals surface area contributed by atoms with Gasteiger partial charge in [0.25, 0.3) is 5.56 Å². The van der Waals surface area contributed by atoms with Crippen LogP contribution in [-0.2, 0) is 27.4 Å². The second kappa shape index (κ2) is 17.7. The molecule has 0 spiro atoms. The van der Waals surface area contributed by atoms with E-state index in [2.05, 4.69) is 20.9 Å². The number of hydrogen-bond donors (Lipinski definition) is 3. The normalized spacial score (nSPS) is 14.0. The first-order chi connectivity index (χ1) is 27.2. The number of benzene rings is 2. The van der Waals surface area contributed by atoms with Crippen molar-refractivity contribution in [1.82, 2.24) is 35.2 Å². The van der Waals surface area contributed by atoms with Gasteiger partial charge in [-0.1, -0.05) is 65.7 Å². The van der Waals surface area contributed by atoms with Crippen molar-refractivity contribution in [3.05, 3.63) is 105 Å². The van der Waals surface area contributed by atoms with Gasteiger partial charge in [-0.25, -0.2) is 14.8 Å². The largest absolute Gasteiger partial charge is 0.481 e. The van der Waals surface area contributed by atoms with Gasteiger partial charge in [0.05, 0.1) is 35.0 Å². The van der Waals surface area contributed by atoms with Gasteiger partial charge in [0.1, 0.15) is 11.2 Å². The van der Waals surface area contributed by atoms with E-state index < -0.39 is 11.7 Å². The van der Waals surface area contributed by atoms with E-state index in [9.17, 15) is 19.2 Å². The Kier molecular flexibility index (Phi) is 12.8. The van der Waals surface area contributed by atoms with E-state index in [0.29, 0.717) is 87.6 Å². The average Bonchev–Trinajstić information content (AvgIpc) is 3.59. The molecule has 1 saturated heterocycles. The number of fused-ring (bicyclic) bond motifs is 1. The summed E-state index contributed by atoms with van der Waals surface area (Å²) in [4.78, 5) is 60.7. The molecule has 5 aromatic rings. The fraction of sp³-hybridized carbons (Fsp3) is 0.333. The first-order valence-electron chi connectivity index (χ1n) is 18.6. The minimum absolute atomic E-state index is 0.0454. The van der Waals surface area contributed by atoms with Gasteiger partial charge in [-0.05, 0) is 51.0 Å². The van der Waals surface area contributed by atoms with Crippen LogP contribution < -0.4 is 26.2 Å². The summed E-state index contributed by atoms with van der Waals surface area (Å²) in [6, 6.07) is 18.5. The molecule has 3 N–H and O–H groups in total. The van der Waals surface area contributed by atoms with E-state index in [1.807, 2.05) is 48.5 Å². The van der Waals surface area contributed by atoms with Gasteiger partial charge in [0, 0.05) is 85.8 Å². The van der Waals surface area contributed by atoms with Crippen molar-refractivity contribution in [2.24, 2.45) is 0 Å². The van der Waals surface area contributed by atoms with Crippen LogP contribution in [0.3, 0.4) is 0 Å². The van der Waals surface area contributed by atoms with Crippen molar-refractivity contribution in [3.8, 4) is 39.4 Å². The smallest absolute Gasteiger partial charge is 0.410 e. The Morgan fingerprint density at radius 1 is 0.965 bits per heavy atom. The molecule has 298 valence electrons. The van der Waals surface area contributed by atoms with Gasteiger partial charge in [0.2, 0.25) is 17.7 Å². The molecule has 3 amide bonds. The van der Waals surface area contributed by atoms with Crippen molar-refractivity contribution in [2.75, 3.05) is 26.7 Å². The zero-order chi connectivity index (χ0) is 40.9. The Labute approximate surface area is 340 Å². The summed E-state index contributed by atoms with van der Waals surface area (Å²) in [7, 11) is 1.56. The molecule has 1 aliphatic heterocycles. The molecule has 6 rings (SSSR count). The number of ether oxygens (including phenoxy) is 2. The average molecular weight is 815 g/mol. The van der Waals surface area contributed by atoms with Gasteiger partial charge in [0.15, 0.2) is 0 Å². The summed E-state index contributed by atoms with van der Waals surface area (Å²) in [5.74, 6) is 0.302. The number of nitrogens with zero attached hydrogens (tertiary/aromatic N) is 4. The van der Waals surface area contributed by atoms with E-state index in [-0.39, 0.29) is 36.5 Å². The van der Waals surface area contributed by atoms with Crippen LogP contribution in [-0.4, -0.2) is 75.6 Å². The van der Waals surface area contributed by atoms with E-state index in [4.69, 9.17) is 37.7 Å². The fourth-order valence-electron chi connectivity index (χ4n) is 6.59. The van der Waals surface area contributed by atoms with Gasteiger partial charge < -0.3 is 30.3 Å². The number of carbonyl (C=O) groups is 3. The summed E-state index contributed by atoms with van der Waals surface area (Å²) in [6.07, 6.45) is 3.48. The lowest BCUT2D eigenvalue weighted by Crippen LogP contribution is -2.44.